The van der Waals surface area contributed by atoms with E-state index < -0.39 is 11.8 Å². The highest BCUT2D eigenvalue weighted by Crippen LogP contribution is 2.28. The first-order chi connectivity index (χ1) is 14.4. The molecule has 0 aliphatic heterocycles. The molecule has 4 aromatic rings. The van der Waals surface area contributed by atoms with Crippen molar-refractivity contribution in [2.24, 2.45) is 7.05 Å². The Hall–Kier alpha value is -4.20. The maximum Gasteiger partial charge on any atom is 0.211 e. The van der Waals surface area contributed by atoms with Gasteiger partial charge in [-0.2, -0.15) is 14.8 Å². The second kappa shape index (κ2) is 7.32. The first-order valence-corrected chi connectivity index (χ1v) is 8.79. The van der Waals surface area contributed by atoms with Gasteiger partial charge in [-0.1, -0.05) is 17.3 Å². The Bertz CT molecular complexity index is 1280. The summed E-state index contributed by atoms with van der Waals surface area (Å²) in [5, 5.41) is 21.1. The van der Waals surface area contributed by atoms with E-state index in [1.807, 2.05) is 0 Å². The lowest BCUT2D eigenvalue weighted by atomic mass is 10.0. The number of nitrogens with zero attached hydrogens (tertiary/aromatic N) is 8. The van der Waals surface area contributed by atoms with Crippen LogP contribution >= 0.6 is 0 Å². The van der Waals surface area contributed by atoms with Gasteiger partial charge in [0.2, 0.25) is 5.95 Å². The first-order valence-electron chi connectivity index (χ1n) is 8.79. The average molecular weight is 407 g/mol. The van der Waals surface area contributed by atoms with Crippen molar-refractivity contribution in [2.75, 3.05) is 5.73 Å². The zero-order valence-corrected chi connectivity index (χ0v) is 16.0. The van der Waals surface area contributed by atoms with Crippen molar-refractivity contribution < 1.29 is 8.78 Å². The number of benzene rings is 1. The SMILES string of the molecule is Cc1c(C#N)cccc1-c1nc(N)c(F)c(-c2cn(Cc3cc(F)n(C)n3)nn2)n1. The fraction of sp³-hybridized carbons (Fsp3) is 0.158. The number of rotatable bonds is 4. The molecule has 0 aliphatic rings. The van der Waals surface area contributed by atoms with E-state index >= 15 is 0 Å². The van der Waals surface area contributed by atoms with E-state index in [4.69, 9.17) is 5.73 Å². The largest absolute Gasteiger partial charge is 0.381 e. The van der Waals surface area contributed by atoms with E-state index in [0.29, 0.717) is 22.4 Å². The minimum Gasteiger partial charge on any atom is -0.381 e. The van der Waals surface area contributed by atoms with E-state index in [-0.39, 0.29) is 29.6 Å². The lowest BCUT2D eigenvalue weighted by Gasteiger charge is -2.09. The smallest absolute Gasteiger partial charge is 0.211 e. The van der Waals surface area contributed by atoms with Crippen molar-refractivity contribution >= 4 is 5.82 Å². The van der Waals surface area contributed by atoms with Crippen molar-refractivity contribution in [1.29, 1.82) is 5.26 Å². The van der Waals surface area contributed by atoms with Crippen LogP contribution in [0.25, 0.3) is 22.8 Å². The molecule has 1 aromatic carbocycles. The molecule has 4 rings (SSSR count). The van der Waals surface area contributed by atoms with Gasteiger partial charge < -0.3 is 5.73 Å². The number of hydrogen-bond donors (Lipinski definition) is 1. The predicted octanol–water partition coefficient (Wildman–Crippen LogP) is 2.22. The van der Waals surface area contributed by atoms with Gasteiger partial charge in [0.25, 0.3) is 0 Å². The van der Waals surface area contributed by atoms with Crippen molar-refractivity contribution in [3.63, 3.8) is 0 Å². The van der Waals surface area contributed by atoms with E-state index in [1.54, 1.807) is 25.1 Å². The fourth-order valence-corrected chi connectivity index (χ4v) is 2.98. The van der Waals surface area contributed by atoms with E-state index in [1.165, 1.54) is 24.0 Å². The van der Waals surface area contributed by atoms with Crippen LogP contribution in [0.5, 0.6) is 0 Å². The van der Waals surface area contributed by atoms with E-state index in [9.17, 15) is 14.0 Å². The molecule has 0 atom stereocenters. The molecule has 0 aliphatic carbocycles. The summed E-state index contributed by atoms with van der Waals surface area (Å²) in [5.41, 5.74) is 7.86. The molecule has 0 unspecified atom stereocenters. The summed E-state index contributed by atoms with van der Waals surface area (Å²) in [6.07, 6.45) is 1.46. The van der Waals surface area contributed by atoms with Gasteiger partial charge >= 0.3 is 0 Å². The molecule has 0 radical (unpaired) electrons. The van der Waals surface area contributed by atoms with Gasteiger partial charge in [0, 0.05) is 18.7 Å². The molecule has 9 nitrogen and oxygen atoms in total. The third kappa shape index (κ3) is 3.35. The van der Waals surface area contributed by atoms with Gasteiger partial charge in [-0.05, 0) is 18.6 Å². The zero-order valence-electron chi connectivity index (χ0n) is 16.0. The van der Waals surface area contributed by atoms with Gasteiger partial charge in [-0.25, -0.2) is 23.7 Å². The standard InChI is InChI=1S/C19H15F2N9/c1-10-11(7-22)4-3-5-13(10)19-24-17(16(21)18(23)25-19)14-9-30(28-26-14)8-12-6-15(20)29(2)27-12/h3-6,9H,8H2,1-2H3,(H2,23,24,25). The molecule has 3 heterocycles. The number of nitrogen functional groups attached to an aromatic ring is 1. The number of aromatic nitrogens is 7. The summed E-state index contributed by atoms with van der Waals surface area (Å²) in [4.78, 5) is 8.30. The summed E-state index contributed by atoms with van der Waals surface area (Å²) in [6, 6.07) is 8.43. The van der Waals surface area contributed by atoms with Crippen LogP contribution < -0.4 is 5.73 Å². The van der Waals surface area contributed by atoms with Crippen LogP contribution in [0.1, 0.15) is 16.8 Å². The molecule has 0 fully saturated rings. The van der Waals surface area contributed by atoms with Crippen molar-refractivity contribution in [2.45, 2.75) is 13.5 Å². The third-order valence-corrected chi connectivity index (χ3v) is 4.55. The molecular formula is C19H15F2N9. The van der Waals surface area contributed by atoms with Gasteiger partial charge in [-0.3, -0.25) is 0 Å². The number of anilines is 1. The number of nitrogens with two attached hydrogens (primary N) is 1. The van der Waals surface area contributed by atoms with Crippen LogP contribution in [0.3, 0.4) is 0 Å². The Kier molecular flexibility index (Phi) is 4.67. The quantitative estimate of drug-likeness (QED) is 0.550. The van der Waals surface area contributed by atoms with Crippen molar-refractivity contribution in [1.82, 2.24) is 34.7 Å². The van der Waals surface area contributed by atoms with Crippen LogP contribution in [-0.2, 0) is 13.6 Å². The van der Waals surface area contributed by atoms with Crippen molar-refractivity contribution in [3.05, 3.63) is 59.0 Å². The highest BCUT2D eigenvalue weighted by Gasteiger charge is 2.19. The van der Waals surface area contributed by atoms with Crippen LogP contribution in [0, 0.1) is 30.0 Å². The monoisotopic (exact) mass is 407 g/mol. The van der Waals surface area contributed by atoms with Crippen molar-refractivity contribution in [3.8, 4) is 28.8 Å². The molecule has 0 amide bonds. The minimum atomic E-state index is -0.830. The second-order valence-corrected chi connectivity index (χ2v) is 6.57. The molecule has 150 valence electrons. The topological polar surface area (TPSA) is 124 Å². The Morgan fingerprint density at radius 1 is 1.23 bits per heavy atom. The first kappa shape index (κ1) is 19.1. The van der Waals surface area contributed by atoms with E-state index in [0.717, 1.165) is 4.68 Å². The fourth-order valence-electron chi connectivity index (χ4n) is 2.98. The van der Waals surface area contributed by atoms with Crippen LogP contribution in [0.4, 0.5) is 14.6 Å². The van der Waals surface area contributed by atoms with Crippen LogP contribution in [0.2, 0.25) is 0 Å². The Labute approximate surface area is 169 Å². The number of aryl methyl sites for hydroxylation is 1. The maximum atomic E-state index is 14.7. The average Bonchev–Trinajstić information content (AvgIpc) is 3.30. The van der Waals surface area contributed by atoms with Crippen LogP contribution in [0.15, 0.2) is 30.5 Å². The molecule has 0 saturated carbocycles. The highest BCUT2D eigenvalue weighted by atomic mass is 19.1. The molecule has 0 spiro atoms. The zero-order chi connectivity index (χ0) is 21.4. The molecule has 3 aromatic heterocycles. The summed E-state index contributed by atoms with van der Waals surface area (Å²) in [5.74, 6) is -1.50. The molecule has 0 bridgehead atoms. The van der Waals surface area contributed by atoms with Gasteiger partial charge in [0.1, 0.15) is 11.4 Å². The molecule has 0 saturated heterocycles. The van der Waals surface area contributed by atoms with Crippen LogP contribution in [-0.4, -0.2) is 34.7 Å². The summed E-state index contributed by atoms with van der Waals surface area (Å²) in [7, 11) is 1.48. The highest BCUT2D eigenvalue weighted by molar-refractivity contribution is 5.69. The lowest BCUT2D eigenvalue weighted by molar-refractivity contribution is 0.502. The summed E-state index contributed by atoms with van der Waals surface area (Å²) < 4.78 is 30.6. The number of hydrogen-bond acceptors (Lipinski definition) is 7. The van der Waals surface area contributed by atoms with Gasteiger partial charge in [-0.15, -0.1) is 5.10 Å². The Balaban J connectivity index is 1.74. The lowest BCUT2D eigenvalue weighted by Crippen LogP contribution is -2.04. The van der Waals surface area contributed by atoms with Gasteiger partial charge in [0.05, 0.1) is 30.1 Å². The number of nitriles is 1. The third-order valence-electron chi connectivity index (χ3n) is 4.55. The Morgan fingerprint density at radius 2 is 2.03 bits per heavy atom. The summed E-state index contributed by atoms with van der Waals surface area (Å²) in [6.45, 7) is 1.89. The predicted molar refractivity (Wildman–Crippen MR) is 103 cm³/mol. The molecular weight excluding hydrogens is 392 g/mol. The summed E-state index contributed by atoms with van der Waals surface area (Å²) >= 11 is 0. The molecule has 11 heteroatoms. The number of halogens is 2. The van der Waals surface area contributed by atoms with E-state index in [2.05, 4.69) is 31.4 Å². The molecule has 30 heavy (non-hydrogen) atoms. The maximum absolute atomic E-state index is 14.7. The Morgan fingerprint density at radius 3 is 2.73 bits per heavy atom. The normalized spacial score (nSPS) is 10.9. The minimum absolute atomic E-state index is 0.127. The second-order valence-electron chi connectivity index (χ2n) is 6.57. The molecule has 2 N–H and O–H groups in total. The van der Waals surface area contributed by atoms with Gasteiger partial charge in [0.15, 0.2) is 17.5 Å².